The maximum Gasteiger partial charge on any atom is 0.0703 e. The van der Waals surface area contributed by atoms with E-state index in [4.69, 9.17) is 5.26 Å². The average molecular weight is 253 g/mol. The van der Waals surface area contributed by atoms with Gasteiger partial charge in [-0.2, -0.15) is 5.26 Å². The van der Waals surface area contributed by atoms with Crippen LogP contribution < -0.4 is 0 Å². The quantitative estimate of drug-likeness (QED) is 0.839. The SMILES string of the molecule is CN(Cc1cn(C)c2ccccc12)CC1(C#N)CC1. The van der Waals surface area contributed by atoms with E-state index in [1.54, 1.807) is 0 Å². The molecular formula is C16H19N3. The van der Waals surface area contributed by atoms with Crippen molar-refractivity contribution in [2.45, 2.75) is 19.4 Å². The molecule has 3 nitrogen and oxygen atoms in total. The second kappa shape index (κ2) is 4.40. The van der Waals surface area contributed by atoms with Crippen LogP contribution in [0.3, 0.4) is 0 Å². The topological polar surface area (TPSA) is 32.0 Å². The highest BCUT2D eigenvalue weighted by atomic mass is 15.1. The molecular weight excluding hydrogens is 234 g/mol. The van der Waals surface area contributed by atoms with Crippen molar-refractivity contribution < 1.29 is 0 Å². The minimum atomic E-state index is -0.0562. The minimum absolute atomic E-state index is 0.0562. The van der Waals surface area contributed by atoms with Crippen molar-refractivity contribution >= 4 is 10.9 Å². The largest absolute Gasteiger partial charge is 0.350 e. The third-order valence-corrected chi connectivity index (χ3v) is 4.08. The van der Waals surface area contributed by atoms with E-state index in [1.807, 2.05) is 0 Å². The molecule has 2 aromatic rings. The molecule has 1 aromatic heterocycles. The monoisotopic (exact) mass is 253 g/mol. The molecule has 1 aliphatic carbocycles. The van der Waals surface area contributed by atoms with E-state index in [0.717, 1.165) is 25.9 Å². The van der Waals surface area contributed by atoms with E-state index in [0.29, 0.717) is 0 Å². The molecule has 0 spiro atoms. The van der Waals surface area contributed by atoms with Gasteiger partial charge in [0.1, 0.15) is 0 Å². The van der Waals surface area contributed by atoms with Crippen LogP contribution in [0.5, 0.6) is 0 Å². The lowest BCUT2D eigenvalue weighted by atomic mass is 10.1. The van der Waals surface area contributed by atoms with Crippen molar-refractivity contribution in [3.05, 3.63) is 36.0 Å². The molecule has 0 bridgehead atoms. The number of hydrogen-bond donors (Lipinski definition) is 0. The van der Waals surface area contributed by atoms with Crippen molar-refractivity contribution in [3.63, 3.8) is 0 Å². The maximum atomic E-state index is 9.17. The van der Waals surface area contributed by atoms with Crippen LogP contribution in [0.2, 0.25) is 0 Å². The van der Waals surface area contributed by atoms with Crippen molar-refractivity contribution in [2.75, 3.05) is 13.6 Å². The van der Waals surface area contributed by atoms with E-state index >= 15 is 0 Å². The summed E-state index contributed by atoms with van der Waals surface area (Å²) in [7, 11) is 4.20. The first-order valence-electron chi connectivity index (χ1n) is 6.76. The van der Waals surface area contributed by atoms with E-state index < -0.39 is 0 Å². The van der Waals surface area contributed by atoms with Gasteiger partial charge < -0.3 is 9.47 Å². The standard InChI is InChI=1S/C16H19N3/c1-18(12-16(11-17)7-8-16)9-13-10-19(2)15-6-4-3-5-14(13)15/h3-6,10H,7-9,12H2,1-2H3. The first kappa shape index (κ1) is 12.3. The van der Waals surface area contributed by atoms with Crippen LogP contribution >= 0.6 is 0 Å². The Bertz CT molecular complexity index is 644. The number of para-hydroxylation sites is 1. The molecule has 98 valence electrons. The number of nitriles is 1. The average Bonchev–Trinajstić information content (AvgIpc) is 3.11. The van der Waals surface area contributed by atoms with Gasteiger partial charge in [0.25, 0.3) is 0 Å². The van der Waals surface area contributed by atoms with E-state index in [9.17, 15) is 0 Å². The lowest BCUT2D eigenvalue weighted by Crippen LogP contribution is -2.25. The van der Waals surface area contributed by atoms with Crippen LogP contribution in [-0.2, 0) is 13.6 Å². The van der Waals surface area contributed by atoms with Gasteiger partial charge in [-0.25, -0.2) is 0 Å². The van der Waals surface area contributed by atoms with Crippen LogP contribution in [0.1, 0.15) is 18.4 Å². The number of benzene rings is 1. The molecule has 0 saturated heterocycles. The van der Waals surface area contributed by atoms with Gasteiger partial charge in [0.2, 0.25) is 0 Å². The fourth-order valence-electron chi connectivity index (χ4n) is 2.87. The molecule has 0 unspecified atom stereocenters. The van der Waals surface area contributed by atoms with E-state index in [-0.39, 0.29) is 5.41 Å². The Morgan fingerprint density at radius 3 is 2.79 bits per heavy atom. The zero-order valence-electron chi connectivity index (χ0n) is 11.6. The van der Waals surface area contributed by atoms with Crippen molar-refractivity contribution in [3.8, 4) is 6.07 Å². The van der Waals surface area contributed by atoms with Crippen LogP contribution in [0.25, 0.3) is 10.9 Å². The molecule has 0 radical (unpaired) electrons. The number of hydrogen-bond acceptors (Lipinski definition) is 2. The van der Waals surface area contributed by atoms with Crippen LogP contribution in [0.15, 0.2) is 30.5 Å². The highest BCUT2D eigenvalue weighted by molar-refractivity contribution is 5.83. The predicted octanol–water partition coefficient (Wildman–Crippen LogP) is 2.91. The lowest BCUT2D eigenvalue weighted by Gasteiger charge is -2.18. The van der Waals surface area contributed by atoms with Gasteiger partial charge in [0.05, 0.1) is 11.5 Å². The van der Waals surface area contributed by atoms with Crippen LogP contribution in [0, 0.1) is 16.7 Å². The fraction of sp³-hybridized carbons (Fsp3) is 0.438. The van der Waals surface area contributed by atoms with Crippen molar-refractivity contribution in [1.82, 2.24) is 9.47 Å². The van der Waals surface area contributed by atoms with Gasteiger partial charge in [-0.05, 0) is 31.5 Å². The minimum Gasteiger partial charge on any atom is -0.350 e. The molecule has 1 fully saturated rings. The summed E-state index contributed by atoms with van der Waals surface area (Å²) in [6, 6.07) is 11.0. The predicted molar refractivity (Wildman–Crippen MR) is 76.5 cm³/mol. The smallest absolute Gasteiger partial charge is 0.0703 e. The Morgan fingerprint density at radius 2 is 2.11 bits per heavy atom. The molecule has 0 aliphatic heterocycles. The molecule has 1 saturated carbocycles. The fourth-order valence-corrected chi connectivity index (χ4v) is 2.87. The normalized spacial score (nSPS) is 16.7. The van der Waals surface area contributed by atoms with Crippen molar-refractivity contribution in [2.24, 2.45) is 12.5 Å². The summed E-state index contributed by atoms with van der Waals surface area (Å²) in [4.78, 5) is 2.28. The Hall–Kier alpha value is -1.79. The molecule has 3 heteroatoms. The molecule has 0 atom stereocenters. The summed E-state index contributed by atoms with van der Waals surface area (Å²) in [6.45, 7) is 1.79. The number of aromatic nitrogens is 1. The molecule has 19 heavy (non-hydrogen) atoms. The van der Waals surface area contributed by atoms with Crippen LogP contribution in [0.4, 0.5) is 0 Å². The Labute approximate surface area is 114 Å². The zero-order chi connectivity index (χ0) is 13.5. The van der Waals surface area contributed by atoms with Gasteiger partial charge in [0, 0.05) is 37.2 Å². The summed E-state index contributed by atoms with van der Waals surface area (Å²) >= 11 is 0. The third kappa shape index (κ3) is 2.24. The van der Waals surface area contributed by atoms with Crippen molar-refractivity contribution in [1.29, 1.82) is 5.26 Å². The van der Waals surface area contributed by atoms with E-state index in [2.05, 4.69) is 60.1 Å². The maximum absolute atomic E-state index is 9.17. The molecule has 1 heterocycles. The molecule has 1 aliphatic rings. The Kier molecular flexibility index (Phi) is 2.83. The first-order chi connectivity index (χ1) is 9.13. The summed E-state index contributed by atoms with van der Waals surface area (Å²) < 4.78 is 2.18. The van der Waals surface area contributed by atoms with Gasteiger partial charge in [0.15, 0.2) is 0 Å². The molecule has 0 N–H and O–H groups in total. The highest BCUT2D eigenvalue weighted by Gasteiger charge is 2.43. The summed E-state index contributed by atoms with van der Waals surface area (Å²) in [5.41, 5.74) is 2.56. The zero-order valence-corrected chi connectivity index (χ0v) is 11.6. The summed E-state index contributed by atoms with van der Waals surface area (Å²) in [6.07, 6.45) is 4.32. The second-order valence-electron chi connectivity index (χ2n) is 5.85. The summed E-state index contributed by atoms with van der Waals surface area (Å²) in [5.74, 6) is 0. The number of fused-ring (bicyclic) bond motifs is 1. The number of aryl methyl sites for hydroxylation is 1. The third-order valence-electron chi connectivity index (χ3n) is 4.08. The van der Waals surface area contributed by atoms with Crippen LogP contribution in [-0.4, -0.2) is 23.1 Å². The van der Waals surface area contributed by atoms with Gasteiger partial charge in [-0.15, -0.1) is 0 Å². The second-order valence-corrected chi connectivity index (χ2v) is 5.85. The highest BCUT2D eigenvalue weighted by Crippen LogP contribution is 2.45. The number of rotatable bonds is 4. The Morgan fingerprint density at radius 1 is 1.37 bits per heavy atom. The van der Waals surface area contributed by atoms with Gasteiger partial charge in [-0.1, -0.05) is 18.2 Å². The summed E-state index contributed by atoms with van der Waals surface area (Å²) in [5, 5.41) is 10.5. The van der Waals surface area contributed by atoms with E-state index in [1.165, 1.54) is 16.5 Å². The molecule has 0 amide bonds. The Balaban J connectivity index is 1.80. The first-order valence-corrected chi connectivity index (χ1v) is 6.76. The van der Waals surface area contributed by atoms with Gasteiger partial charge in [-0.3, -0.25) is 0 Å². The molecule has 1 aromatic carbocycles. The number of nitrogens with zero attached hydrogens (tertiary/aromatic N) is 3. The molecule has 3 rings (SSSR count). The van der Waals surface area contributed by atoms with Gasteiger partial charge >= 0.3 is 0 Å². The lowest BCUT2D eigenvalue weighted by molar-refractivity contribution is 0.287.